The predicted molar refractivity (Wildman–Crippen MR) is 115 cm³/mol. The lowest BCUT2D eigenvalue weighted by Crippen LogP contribution is -2.37. The van der Waals surface area contributed by atoms with Gasteiger partial charge < -0.3 is 15.1 Å². The van der Waals surface area contributed by atoms with Crippen molar-refractivity contribution in [1.29, 1.82) is 0 Å². The second-order valence-corrected chi connectivity index (χ2v) is 7.34. The lowest BCUT2D eigenvalue weighted by atomic mass is 10.1. The fourth-order valence-corrected chi connectivity index (χ4v) is 3.94. The molecule has 5 nitrogen and oxygen atoms in total. The first-order valence-corrected chi connectivity index (χ1v) is 10.00. The summed E-state index contributed by atoms with van der Waals surface area (Å²) in [6, 6.07) is 14.0. The number of carbonyl (C=O) groups excluding carboxylic acids is 2. The summed E-state index contributed by atoms with van der Waals surface area (Å²) in [4.78, 5) is 29.3. The van der Waals surface area contributed by atoms with E-state index in [1.54, 1.807) is 4.90 Å². The molecule has 3 rings (SSSR count). The molecule has 0 aliphatic carbocycles. The van der Waals surface area contributed by atoms with Gasteiger partial charge in [-0.15, -0.1) is 0 Å². The Hall–Kier alpha value is -2.82. The van der Waals surface area contributed by atoms with E-state index in [2.05, 4.69) is 30.1 Å². The van der Waals surface area contributed by atoms with E-state index >= 15 is 0 Å². The van der Waals surface area contributed by atoms with E-state index in [4.69, 9.17) is 0 Å². The number of benzene rings is 2. The summed E-state index contributed by atoms with van der Waals surface area (Å²) in [5, 5.41) is 2.90. The minimum Gasteiger partial charge on any atom is -0.372 e. The Balaban J connectivity index is 1.67. The van der Waals surface area contributed by atoms with E-state index in [1.807, 2.05) is 50.2 Å². The van der Waals surface area contributed by atoms with Gasteiger partial charge in [0.05, 0.1) is 0 Å². The molecule has 0 aromatic heterocycles. The van der Waals surface area contributed by atoms with Crippen LogP contribution in [0.1, 0.15) is 38.3 Å². The highest BCUT2D eigenvalue weighted by Crippen LogP contribution is 2.32. The number of carbonyl (C=O) groups is 2. The average molecular weight is 380 g/mol. The maximum atomic E-state index is 12.8. The number of hydrogen-bond acceptors (Lipinski definition) is 3. The number of nitrogens with zero attached hydrogens (tertiary/aromatic N) is 2. The number of para-hydroxylation sites is 1. The van der Waals surface area contributed by atoms with Crippen LogP contribution in [0.2, 0.25) is 0 Å². The Morgan fingerprint density at radius 2 is 1.86 bits per heavy atom. The number of anilines is 3. The van der Waals surface area contributed by atoms with Gasteiger partial charge in [0.1, 0.15) is 6.42 Å². The Morgan fingerprint density at radius 1 is 1.14 bits per heavy atom. The summed E-state index contributed by atoms with van der Waals surface area (Å²) >= 11 is 0. The van der Waals surface area contributed by atoms with Crippen LogP contribution in [0, 0.1) is 6.92 Å². The quantitative estimate of drug-likeness (QED) is 0.767. The molecule has 1 aliphatic heterocycles. The molecule has 1 N–H and O–H groups in total. The molecule has 1 heterocycles. The van der Waals surface area contributed by atoms with Gasteiger partial charge in [-0.25, -0.2) is 0 Å². The zero-order valence-corrected chi connectivity index (χ0v) is 17.2. The topological polar surface area (TPSA) is 52.7 Å². The van der Waals surface area contributed by atoms with E-state index in [-0.39, 0.29) is 24.3 Å². The molecule has 2 aromatic carbocycles. The zero-order chi connectivity index (χ0) is 20.3. The molecule has 148 valence electrons. The number of fused-ring (bicyclic) bond motifs is 1. The summed E-state index contributed by atoms with van der Waals surface area (Å²) in [6.45, 7) is 10.1. The first-order valence-electron chi connectivity index (χ1n) is 10.00. The monoisotopic (exact) mass is 379 g/mol. The second-order valence-electron chi connectivity index (χ2n) is 7.34. The molecule has 2 aromatic rings. The second kappa shape index (κ2) is 8.46. The van der Waals surface area contributed by atoms with E-state index < -0.39 is 0 Å². The number of nitrogens with one attached hydrogen (secondary N) is 1. The zero-order valence-electron chi connectivity index (χ0n) is 17.2. The summed E-state index contributed by atoms with van der Waals surface area (Å²) in [5.74, 6) is -0.437. The first kappa shape index (κ1) is 19.9. The largest absolute Gasteiger partial charge is 0.372 e. The summed E-state index contributed by atoms with van der Waals surface area (Å²) in [6.07, 6.45) is 0.672. The van der Waals surface area contributed by atoms with Gasteiger partial charge in [-0.1, -0.05) is 18.2 Å². The molecule has 0 radical (unpaired) electrons. The van der Waals surface area contributed by atoms with Gasteiger partial charge in [0, 0.05) is 36.2 Å². The van der Waals surface area contributed by atoms with Gasteiger partial charge in [0.15, 0.2) is 0 Å². The van der Waals surface area contributed by atoms with E-state index in [9.17, 15) is 9.59 Å². The van der Waals surface area contributed by atoms with Crippen molar-refractivity contribution < 1.29 is 9.59 Å². The molecule has 1 atom stereocenters. The highest BCUT2D eigenvalue weighted by molar-refractivity contribution is 6.10. The molecule has 2 amide bonds. The third-order valence-corrected chi connectivity index (χ3v) is 5.40. The highest BCUT2D eigenvalue weighted by Gasteiger charge is 2.31. The number of rotatable bonds is 6. The molecule has 0 saturated carbocycles. The maximum absolute atomic E-state index is 12.8. The van der Waals surface area contributed by atoms with Gasteiger partial charge in [0.25, 0.3) is 0 Å². The Labute approximate surface area is 167 Å². The third kappa shape index (κ3) is 4.03. The van der Waals surface area contributed by atoms with Gasteiger partial charge in [-0.05, 0) is 69.5 Å². The molecule has 0 bridgehead atoms. The molecule has 1 unspecified atom stereocenters. The van der Waals surface area contributed by atoms with Crippen molar-refractivity contribution in [3.8, 4) is 0 Å². The van der Waals surface area contributed by atoms with Gasteiger partial charge in [-0.2, -0.15) is 0 Å². The van der Waals surface area contributed by atoms with Crippen LogP contribution in [0.3, 0.4) is 0 Å². The average Bonchev–Trinajstić information content (AvgIpc) is 3.00. The lowest BCUT2D eigenvalue weighted by molar-refractivity contribution is -0.125. The van der Waals surface area contributed by atoms with Crippen molar-refractivity contribution in [3.05, 3.63) is 53.6 Å². The van der Waals surface area contributed by atoms with Gasteiger partial charge in [0.2, 0.25) is 11.8 Å². The number of aryl methyl sites for hydroxylation is 1. The highest BCUT2D eigenvalue weighted by atomic mass is 16.2. The van der Waals surface area contributed by atoms with Crippen molar-refractivity contribution in [2.45, 2.75) is 46.6 Å². The fraction of sp³-hybridized carbons (Fsp3) is 0.391. The molecule has 1 aliphatic rings. The summed E-state index contributed by atoms with van der Waals surface area (Å²) in [7, 11) is 0. The molecule has 0 saturated heterocycles. The molecule has 5 heteroatoms. The molecule has 0 fully saturated rings. The van der Waals surface area contributed by atoms with Crippen molar-refractivity contribution in [2.75, 3.05) is 28.2 Å². The minimum atomic E-state index is -0.278. The van der Waals surface area contributed by atoms with Crippen LogP contribution >= 0.6 is 0 Å². The Bertz CT molecular complexity index is 874. The van der Waals surface area contributed by atoms with E-state index in [1.165, 1.54) is 0 Å². The smallest absolute Gasteiger partial charge is 0.236 e. The van der Waals surface area contributed by atoms with E-state index in [0.29, 0.717) is 0 Å². The Morgan fingerprint density at radius 3 is 2.54 bits per heavy atom. The normalized spacial score (nSPS) is 15.3. The lowest BCUT2D eigenvalue weighted by Gasteiger charge is -2.23. The van der Waals surface area contributed by atoms with Crippen LogP contribution < -0.4 is 15.1 Å². The van der Waals surface area contributed by atoms with Gasteiger partial charge >= 0.3 is 0 Å². The SMILES string of the molecule is CCN(CC)c1ccc(NC(=O)CC(=O)N2c3ccccc3CC2C)c(C)c1. The van der Waals surface area contributed by atoms with Crippen molar-refractivity contribution in [1.82, 2.24) is 0 Å². The van der Waals surface area contributed by atoms with Crippen molar-refractivity contribution in [2.24, 2.45) is 0 Å². The minimum absolute atomic E-state index is 0.0767. The van der Waals surface area contributed by atoms with Crippen molar-refractivity contribution >= 4 is 28.9 Å². The van der Waals surface area contributed by atoms with Crippen LogP contribution in [0.4, 0.5) is 17.1 Å². The van der Waals surface area contributed by atoms with Crippen LogP contribution in [0.5, 0.6) is 0 Å². The molecule has 28 heavy (non-hydrogen) atoms. The third-order valence-electron chi connectivity index (χ3n) is 5.40. The fourth-order valence-electron chi connectivity index (χ4n) is 3.94. The van der Waals surface area contributed by atoms with Crippen LogP contribution in [0.15, 0.2) is 42.5 Å². The van der Waals surface area contributed by atoms with Crippen molar-refractivity contribution in [3.63, 3.8) is 0 Å². The molecular weight excluding hydrogens is 350 g/mol. The van der Waals surface area contributed by atoms with E-state index in [0.717, 1.165) is 47.7 Å². The Kier molecular flexibility index (Phi) is 6.02. The summed E-state index contributed by atoms with van der Waals surface area (Å²) in [5.41, 5.74) is 4.96. The van der Waals surface area contributed by atoms with Crippen LogP contribution in [-0.2, 0) is 16.0 Å². The van der Waals surface area contributed by atoms with Crippen LogP contribution in [-0.4, -0.2) is 30.9 Å². The van der Waals surface area contributed by atoms with Gasteiger partial charge in [-0.3, -0.25) is 9.59 Å². The molecule has 0 spiro atoms. The predicted octanol–water partition coefficient (Wildman–Crippen LogP) is 4.15. The maximum Gasteiger partial charge on any atom is 0.236 e. The number of amides is 2. The first-order chi connectivity index (χ1) is 13.4. The standard InChI is InChI=1S/C23H29N3O2/c1-5-25(6-2)19-11-12-20(16(3)13-19)24-22(27)15-23(28)26-17(4)14-18-9-7-8-10-21(18)26/h7-13,17H,5-6,14-15H2,1-4H3,(H,24,27). The number of hydrogen-bond donors (Lipinski definition) is 1. The summed E-state index contributed by atoms with van der Waals surface area (Å²) < 4.78 is 0. The molecular formula is C23H29N3O2. The van der Waals surface area contributed by atoms with Crippen LogP contribution in [0.25, 0.3) is 0 Å².